The molecule has 28 heavy (non-hydrogen) atoms. The van der Waals surface area contributed by atoms with Gasteiger partial charge in [0, 0.05) is 35.2 Å². The van der Waals surface area contributed by atoms with Crippen molar-refractivity contribution in [1.82, 2.24) is 15.2 Å². The van der Waals surface area contributed by atoms with Gasteiger partial charge in [0.1, 0.15) is 0 Å². The van der Waals surface area contributed by atoms with Crippen LogP contribution in [-0.2, 0) is 6.42 Å². The molecule has 0 radical (unpaired) electrons. The Balaban J connectivity index is 1.50. The van der Waals surface area contributed by atoms with Gasteiger partial charge in [-0.1, -0.05) is 30.3 Å². The van der Waals surface area contributed by atoms with Crippen LogP contribution in [0.2, 0.25) is 0 Å². The highest BCUT2D eigenvalue weighted by Gasteiger charge is 2.31. The van der Waals surface area contributed by atoms with Crippen molar-refractivity contribution >= 4 is 16.8 Å². The van der Waals surface area contributed by atoms with Crippen LogP contribution in [0.15, 0.2) is 60.8 Å². The van der Waals surface area contributed by atoms with E-state index in [2.05, 4.69) is 54.5 Å². The summed E-state index contributed by atoms with van der Waals surface area (Å²) >= 11 is 0. The van der Waals surface area contributed by atoms with Crippen molar-refractivity contribution in [2.45, 2.75) is 26.3 Å². The van der Waals surface area contributed by atoms with Gasteiger partial charge in [-0.2, -0.15) is 0 Å². The van der Waals surface area contributed by atoms with Crippen molar-refractivity contribution in [1.29, 1.82) is 0 Å². The van der Waals surface area contributed by atoms with Crippen LogP contribution in [0.3, 0.4) is 0 Å². The largest absolute Gasteiger partial charge is 0.361 e. The van der Waals surface area contributed by atoms with E-state index in [-0.39, 0.29) is 11.9 Å². The normalized spacial score (nSPS) is 19.4. The summed E-state index contributed by atoms with van der Waals surface area (Å²) in [4.78, 5) is 18.5. The fraction of sp³-hybridized carbons (Fsp3) is 0.375. The van der Waals surface area contributed by atoms with Crippen molar-refractivity contribution in [3.63, 3.8) is 0 Å². The highest BCUT2D eigenvalue weighted by atomic mass is 16.2. The first-order valence-corrected chi connectivity index (χ1v) is 10.2. The number of benzene rings is 2. The number of carbonyl (C=O) groups excluding carboxylic acids is 1. The lowest BCUT2D eigenvalue weighted by atomic mass is 9.89. The molecule has 0 saturated carbocycles. The number of amides is 1. The van der Waals surface area contributed by atoms with Crippen LogP contribution in [0.25, 0.3) is 10.9 Å². The van der Waals surface area contributed by atoms with Gasteiger partial charge in [-0.25, -0.2) is 0 Å². The van der Waals surface area contributed by atoms with E-state index in [1.165, 1.54) is 5.56 Å². The molecule has 4 heteroatoms. The predicted octanol–water partition coefficient (Wildman–Crippen LogP) is 4.10. The molecule has 1 saturated heterocycles. The van der Waals surface area contributed by atoms with Crippen LogP contribution in [0.1, 0.15) is 29.8 Å². The monoisotopic (exact) mass is 375 g/mol. The maximum Gasteiger partial charge on any atom is 0.254 e. The van der Waals surface area contributed by atoms with E-state index in [4.69, 9.17) is 0 Å². The zero-order chi connectivity index (χ0) is 19.5. The van der Waals surface area contributed by atoms with Gasteiger partial charge < -0.3 is 15.2 Å². The molecule has 1 amide bonds. The summed E-state index contributed by atoms with van der Waals surface area (Å²) in [6.07, 6.45) is 2.98. The lowest BCUT2D eigenvalue weighted by Crippen LogP contribution is -2.42. The van der Waals surface area contributed by atoms with E-state index in [1.807, 2.05) is 35.4 Å². The van der Waals surface area contributed by atoms with Crippen LogP contribution < -0.4 is 5.32 Å². The predicted molar refractivity (Wildman–Crippen MR) is 114 cm³/mol. The second kappa shape index (κ2) is 8.19. The van der Waals surface area contributed by atoms with Crippen LogP contribution in [0.5, 0.6) is 0 Å². The maximum absolute atomic E-state index is 13.3. The van der Waals surface area contributed by atoms with E-state index in [0.29, 0.717) is 11.8 Å². The summed E-state index contributed by atoms with van der Waals surface area (Å²) in [5, 5.41) is 4.63. The third kappa shape index (κ3) is 3.97. The third-order valence-electron chi connectivity index (χ3n) is 5.94. The Morgan fingerprint density at radius 3 is 2.64 bits per heavy atom. The van der Waals surface area contributed by atoms with Gasteiger partial charge >= 0.3 is 0 Å². The van der Waals surface area contributed by atoms with Crippen molar-refractivity contribution in [2.75, 3.05) is 19.6 Å². The van der Waals surface area contributed by atoms with Gasteiger partial charge in [0.25, 0.3) is 5.91 Å². The molecular formula is C24H29N3O. The topological polar surface area (TPSA) is 48.1 Å². The zero-order valence-electron chi connectivity index (χ0n) is 16.7. The Kier molecular flexibility index (Phi) is 5.49. The molecule has 4 rings (SSSR count). The molecule has 1 aromatic heterocycles. The van der Waals surface area contributed by atoms with E-state index in [9.17, 15) is 4.79 Å². The molecule has 1 fully saturated rings. The molecule has 4 nitrogen and oxygen atoms in total. The molecule has 146 valence electrons. The fourth-order valence-corrected chi connectivity index (χ4v) is 4.29. The molecule has 0 unspecified atom stereocenters. The van der Waals surface area contributed by atoms with E-state index < -0.39 is 0 Å². The molecule has 2 N–H and O–H groups in total. The molecule has 2 atom stereocenters. The number of carbonyl (C=O) groups is 1. The average molecular weight is 376 g/mol. The number of nitrogens with zero attached hydrogens (tertiary/aromatic N) is 1. The van der Waals surface area contributed by atoms with Crippen LogP contribution in [0, 0.1) is 11.8 Å². The zero-order valence-corrected chi connectivity index (χ0v) is 16.7. The molecular weight excluding hydrogens is 346 g/mol. The third-order valence-corrected chi connectivity index (χ3v) is 5.94. The minimum Gasteiger partial charge on any atom is -0.361 e. The van der Waals surface area contributed by atoms with Crippen molar-refractivity contribution in [2.24, 2.45) is 11.8 Å². The number of fused-ring (bicyclic) bond motifs is 1. The molecule has 0 aliphatic carbocycles. The average Bonchev–Trinajstić information content (AvgIpc) is 3.34. The first kappa shape index (κ1) is 18.8. The first-order chi connectivity index (χ1) is 13.6. The molecule has 2 aromatic carbocycles. The summed E-state index contributed by atoms with van der Waals surface area (Å²) in [7, 11) is 0. The SMILES string of the molecule is CC(C)N(C[C@H]1CNC[C@@H]1Cc1ccccc1)C(=O)c1ccc2[nH]ccc2c1. The fourth-order valence-electron chi connectivity index (χ4n) is 4.29. The van der Waals surface area contributed by atoms with Gasteiger partial charge in [0.2, 0.25) is 0 Å². The van der Waals surface area contributed by atoms with E-state index in [1.54, 1.807) is 0 Å². The molecule has 2 heterocycles. The highest BCUT2D eigenvalue weighted by Crippen LogP contribution is 2.25. The Hall–Kier alpha value is -2.59. The number of hydrogen-bond donors (Lipinski definition) is 2. The molecule has 1 aliphatic rings. The van der Waals surface area contributed by atoms with Gasteiger partial charge in [-0.3, -0.25) is 4.79 Å². The molecule has 0 bridgehead atoms. The Morgan fingerprint density at radius 1 is 1.07 bits per heavy atom. The summed E-state index contributed by atoms with van der Waals surface area (Å²) in [5.74, 6) is 1.16. The number of aromatic amines is 1. The summed E-state index contributed by atoms with van der Waals surface area (Å²) in [6.45, 7) is 7.02. The number of rotatable bonds is 6. The van der Waals surface area contributed by atoms with Crippen LogP contribution >= 0.6 is 0 Å². The van der Waals surface area contributed by atoms with Gasteiger partial charge in [0.15, 0.2) is 0 Å². The second-order valence-electron chi connectivity index (χ2n) is 8.20. The van der Waals surface area contributed by atoms with Crippen molar-refractivity contribution in [3.05, 3.63) is 71.9 Å². The first-order valence-electron chi connectivity index (χ1n) is 10.2. The van der Waals surface area contributed by atoms with E-state index in [0.717, 1.165) is 42.5 Å². The Bertz CT molecular complexity index is 931. The lowest BCUT2D eigenvalue weighted by molar-refractivity contribution is 0.0662. The lowest BCUT2D eigenvalue weighted by Gasteiger charge is -2.31. The minimum atomic E-state index is 0.128. The standard InChI is InChI=1S/C24H29N3O/c1-17(2)27(24(28)20-8-9-23-19(13-20)10-11-26-23)16-22-15-25-14-21(22)12-18-6-4-3-5-7-18/h3-11,13,17,21-22,25-26H,12,14-16H2,1-2H3/t21-,22+/m0/s1. The molecule has 3 aromatic rings. The summed E-state index contributed by atoms with van der Waals surface area (Å²) in [5.41, 5.74) is 3.21. The summed E-state index contributed by atoms with van der Waals surface area (Å²) in [6, 6.07) is 18.8. The van der Waals surface area contributed by atoms with Crippen molar-refractivity contribution < 1.29 is 4.79 Å². The number of hydrogen-bond acceptors (Lipinski definition) is 2. The summed E-state index contributed by atoms with van der Waals surface area (Å²) < 4.78 is 0. The minimum absolute atomic E-state index is 0.128. The molecule has 1 aliphatic heterocycles. The Morgan fingerprint density at radius 2 is 1.86 bits per heavy atom. The van der Waals surface area contributed by atoms with Crippen molar-refractivity contribution in [3.8, 4) is 0 Å². The quantitative estimate of drug-likeness (QED) is 0.681. The highest BCUT2D eigenvalue weighted by molar-refractivity contribution is 5.98. The second-order valence-corrected chi connectivity index (χ2v) is 8.20. The van der Waals surface area contributed by atoms with Gasteiger partial charge in [-0.15, -0.1) is 0 Å². The van der Waals surface area contributed by atoms with Crippen LogP contribution in [-0.4, -0.2) is 41.5 Å². The van der Waals surface area contributed by atoms with Gasteiger partial charge in [-0.05, 0) is 75.0 Å². The maximum atomic E-state index is 13.3. The smallest absolute Gasteiger partial charge is 0.254 e. The van der Waals surface area contributed by atoms with Gasteiger partial charge in [0.05, 0.1) is 0 Å². The number of nitrogens with one attached hydrogen (secondary N) is 2. The molecule has 0 spiro atoms. The Labute approximate surface area is 166 Å². The van der Waals surface area contributed by atoms with E-state index >= 15 is 0 Å². The number of aromatic nitrogens is 1. The number of H-pyrrole nitrogens is 1. The van der Waals surface area contributed by atoms with Crippen LogP contribution in [0.4, 0.5) is 0 Å².